The van der Waals surface area contributed by atoms with Crippen molar-refractivity contribution >= 4 is 17.7 Å². The van der Waals surface area contributed by atoms with Crippen LogP contribution in [0.25, 0.3) is 0 Å². The highest BCUT2D eigenvalue weighted by Gasteiger charge is 2.17. The summed E-state index contributed by atoms with van der Waals surface area (Å²) in [5.41, 5.74) is 1.04. The third-order valence-corrected chi connectivity index (χ3v) is 3.49. The van der Waals surface area contributed by atoms with Crippen molar-refractivity contribution < 1.29 is 18.7 Å². The van der Waals surface area contributed by atoms with Gasteiger partial charge in [-0.05, 0) is 63.6 Å². The van der Waals surface area contributed by atoms with E-state index in [1.54, 1.807) is 57.2 Å². The van der Waals surface area contributed by atoms with Crippen LogP contribution in [0, 0.1) is 5.82 Å². The van der Waals surface area contributed by atoms with Crippen molar-refractivity contribution in [3.05, 3.63) is 65.5 Å². The molecule has 0 aliphatic carbocycles. The van der Waals surface area contributed by atoms with Gasteiger partial charge in [0.1, 0.15) is 11.4 Å². The average molecular weight is 358 g/mol. The molecule has 138 valence electrons. The van der Waals surface area contributed by atoms with Crippen molar-refractivity contribution in [2.75, 3.05) is 5.32 Å². The maximum absolute atomic E-state index is 13.0. The largest absolute Gasteiger partial charge is 0.444 e. The zero-order valence-electron chi connectivity index (χ0n) is 15.3. The molecule has 26 heavy (non-hydrogen) atoms. The minimum atomic E-state index is -0.607. The Labute approximate surface area is 152 Å². The highest BCUT2D eigenvalue weighted by molar-refractivity contribution is 5.96. The Morgan fingerprint density at radius 1 is 1.08 bits per heavy atom. The van der Waals surface area contributed by atoms with Crippen molar-refractivity contribution in [3.63, 3.8) is 0 Å². The summed E-state index contributed by atoms with van der Waals surface area (Å²) < 4.78 is 18.2. The monoisotopic (exact) mass is 358 g/mol. The van der Waals surface area contributed by atoms with Crippen LogP contribution in [0.4, 0.5) is 14.9 Å². The number of anilines is 1. The Morgan fingerprint density at radius 3 is 2.35 bits per heavy atom. The van der Waals surface area contributed by atoms with E-state index in [4.69, 9.17) is 4.74 Å². The van der Waals surface area contributed by atoms with Crippen LogP contribution in [-0.2, 0) is 4.74 Å². The van der Waals surface area contributed by atoms with E-state index in [0.717, 1.165) is 5.56 Å². The minimum absolute atomic E-state index is 0.287. The second kappa shape index (κ2) is 7.99. The van der Waals surface area contributed by atoms with Crippen molar-refractivity contribution in [2.24, 2.45) is 0 Å². The molecule has 0 aromatic heterocycles. The summed E-state index contributed by atoms with van der Waals surface area (Å²) in [7, 11) is 0. The lowest BCUT2D eigenvalue weighted by atomic mass is 10.1. The maximum atomic E-state index is 13.0. The van der Waals surface area contributed by atoms with Crippen LogP contribution in [0.5, 0.6) is 0 Å². The fourth-order valence-electron chi connectivity index (χ4n) is 2.27. The van der Waals surface area contributed by atoms with Gasteiger partial charge in [0.2, 0.25) is 0 Å². The van der Waals surface area contributed by atoms with Gasteiger partial charge in [-0.3, -0.25) is 10.1 Å². The molecule has 0 saturated carbocycles. The van der Waals surface area contributed by atoms with Crippen molar-refractivity contribution in [2.45, 2.75) is 39.3 Å². The zero-order chi connectivity index (χ0) is 19.3. The molecule has 0 heterocycles. The van der Waals surface area contributed by atoms with E-state index in [-0.39, 0.29) is 17.8 Å². The van der Waals surface area contributed by atoms with E-state index in [0.29, 0.717) is 11.3 Å². The number of rotatable bonds is 4. The molecule has 2 rings (SSSR count). The van der Waals surface area contributed by atoms with Gasteiger partial charge in [0.15, 0.2) is 0 Å². The predicted molar refractivity (Wildman–Crippen MR) is 98.6 cm³/mol. The lowest BCUT2D eigenvalue weighted by molar-refractivity contribution is 0.0635. The molecule has 1 atom stereocenters. The summed E-state index contributed by atoms with van der Waals surface area (Å²) in [5.74, 6) is -0.622. The Bertz CT molecular complexity index is 782. The summed E-state index contributed by atoms with van der Waals surface area (Å²) in [4.78, 5) is 24.3. The maximum Gasteiger partial charge on any atom is 0.412 e. The van der Waals surface area contributed by atoms with Gasteiger partial charge in [0.05, 0.1) is 6.04 Å². The summed E-state index contributed by atoms with van der Waals surface area (Å²) in [6.45, 7) is 7.13. The third kappa shape index (κ3) is 5.88. The molecule has 6 heteroatoms. The number of carbonyl (C=O) groups is 2. The molecule has 2 aromatic carbocycles. The molecular weight excluding hydrogens is 335 g/mol. The van der Waals surface area contributed by atoms with Crippen molar-refractivity contribution in [1.82, 2.24) is 5.32 Å². The summed E-state index contributed by atoms with van der Waals surface area (Å²) in [5, 5.41) is 5.45. The number of benzene rings is 2. The summed E-state index contributed by atoms with van der Waals surface area (Å²) in [6.07, 6.45) is -0.588. The number of carbonyl (C=O) groups excluding carboxylic acids is 2. The lowest BCUT2D eigenvalue weighted by Crippen LogP contribution is -2.28. The highest BCUT2D eigenvalue weighted by atomic mass is 19.1. The molecule has 2 aromatic rings. The molecule has 0 spiro atoms. The first-order chi connectivity index (χ1) is 12.1. The standard InChI is InChI=1S/C20H23FN2O3/c1-13(14-8-10-16(21)11-9-14)22-18(24)15-6-5-7-17(12-15)23-19(25)26-20(2,3)4/h5-13H,1-4H3,(H,22,24)(H,23,25). The van der Waals surface area contributed by atoms with Crippen molar-refractivity contribution in [1.29, 1.82) is 0 Å². The fraction of sp³-hybridized carbons (Fsp3) is 0.300. The second-order valence-electron chi connectivity index (χ2n) is 6.95. The van der Waals surface area contributed by atoms with Gasteiger partial charge in [0, 0.05) is 11.3 Å². The molecule has 0 aliphatic heterocycles. The Morgan fingerprint density at radius 2 is 1.73 bits per heavy atom. The van der Waals surface area contributed by atoms with Gasteiger partial charge in [0.25, 0.3) is 5.91 Å². The van der Waals surface area contributed by atoms with Crippen LogP contribution in [0.15, 0.2) is 48.5 Å². The van der Waals surface area contributed by atoms with E-state index < -0.39 is 11.7 Å². The van der Waals surface area contributed by atoms with Gasteiger partial charge in [-0.1, -0.05) is 18.2 Å². The van der Waals surface area contributed by atoms with E-state index in [2.05, 4.69) is 10.6 Å². The van der Waals surface area contributed by atoms with Gasteiger partial charge < -0.3 is 10.1 Å². The van der Waals surface area contributed by atoms with Gasteiger partial charge in [-0.15, -0.1) is 0 Å². The number of amides is 2. The molecule has 0 aliphatic rings. The Balaban J connectivity index is 2.03. The van der Waals surface area contributed by atoms with E-state index in [9.17, 15) is 14.0 Å². The molecule has 0 radical (unpaired) electrons. The van der Waals surface area contributed by atoms with Gasteiger partial charge in [-0.25, -0.2) is 9.18 Å². The first-order valence-electron chi connectivity index (χ1n) is 8.30. The zero-order valence-corrected chi connectivity index (χ0v) is 15.3. The number of nitrogens with one attached hydrogen (secondary N) is 2. The van der Waals surface area contributed by atoms with Crippen LogP contribution in [-0.4, -0.2) is 17.6 Å². The number of halogens is 1. The van der Waals surface area contributed by atoms with E-state index >= 15 is 0 Å². The Hall–Kier alpha value is -2.89. The average Bonchev–Trinajstić information content (AvgIpc) is 2.53. The van der Waals surface area contributed by atoms with Crippen LogP contribution in [0.3, 0.4) is 0 Å². The molecule has 0 saturated heterocycles. The van der Waals surface area contributed by atoms with E-state index in [1.165, 1.54) is 12.1 Å². The molecular formula is C20H23FN2O3. The van der Waals surface area contributed by atoms with E-state index in [1.807, 2.05) is 6.92 Å². The SMILES string of the molecule is CC(NC(=O)c1cccc(NC(=O)OC(C)(C)C)c1)c1ccc(F)cc1. The smallest absolute Gasteiger partial charge is 0.412 e. The number of ether oxygens (including phenoxy) is 1. The molecule has 0 fully saturated rings. The topological polar surface area (TPSA) is 67.4 Å². The minimum Gasteiger partial charge on any atom is -0.444 e. The predicted octanol–water partition coefficient (Wildman–Crippen LogP) is 4.66. The molecule has 5 nitrogen and oxygen atoms in total. The van der Waals surface area contributed by atoms with Crippen LogP contribution < -0.4 is 10.6 Å². The molecule has 2 amide bonds. The molecule has 1 unspecified atom stereocenters. The summed E-state index contributed by atoms with van der Waals surface area (Å²) >= 11 is 0. The van der Waals surface area contributed by atoms with Gasteiger partial charge >= 0.3 is 6.09 Å². The van der Waals surface area contributed by atoms with Crippen LogP contribution in [0.1, 0.15) is 49.7 Å². The first-order valence-corrected chi connectivity index (χ1v) is 8.30. The fourth-order valence-corrected chi connectivity index (χ4v) is 2.27. The van der Waals surface area contributed by atoms with Crippen LogP contribution in [0.2, 0.25) is 0 Å². The molecule has 0 bridgehead atoms. The highest BCUT2D eigenvalue weighted by Crippen LogP contribution is 2.16. The number of hydrogen-bond donors (Lipinski definition) is 2. The van der Waals surface area contributed by atoms with Crippen LogP contribution >= 0.6 is 0 Å². The normalized spacial score (nSPS) is 12.2. The number of hydrogen-bond acceptors (Lipinski definition) is 3. The quantitative estimate of drug-likeness (QED) is 0.835. The second-order valence-corrected chi connectivity index (χ2v) is 6.95. The Kier molecular flexibility index (Phi) is 5.97. The first kappa shape index (κ1) is 19.4. The summed E-state index contributed by atoms with van der Waals surface area (Å²) in [6, 6.07) is 12.2. The third-order valence-electron chi connectivity index (χ3n) is 3.49. The van der Waals surface area contributed by atoms with Crippen molar-refractivity contribution in [3.8, 4) is 0 Å². The lowest BCUT2D eigenvalue weighted by Gasteiger charge is -2.20. The van der Waals surface area contributed by atoms with Gasteiger partial charge in [-0.2, -0.15) is 0 Å². The molecule has 2 N–H and O–H groups in total.